The Hall–Kier alpha value is -3.16. The molecule has 0 aromatic carbocycles. The summed E-state index contributed by atoms with van der Waals surface area (Å²) in [5, 5.41) is 57.3. The van der Waals surface area contributed by atoms with Gasteiger partial charge >= 0.3 is 5.97 Å². The van der Waals surface area contributed by atoms with Gasteiger partial charge in [0, 0.05) is 6.42 Å². The SMILES string of the molecule is CC/C=C\C/C=C\C/C=C\C/C=C\C/C=C\C/C=C\CCCCCCC(=O)OC1C(OCC(NC(=O)C(O)CCCCCCCCCCCCCCCCCCCCCCCCCC)C(O)/C=C/CCCCCCCCCCCCC)OC(CO)C(O)C1O. The van der Waals surface area contributed by atoms with Crippen molar-refractivity contribution in [2.75, 3.05) is 13.2 Å². The number of allylic oxidation sites excluding steroid dienone is 13. The molecular formula is C78H139NO10. The lowest BCUT2D eigenvalue weighted by molar-refractivity contribution is -0.305. The number of ether oxygens (including phenoxy) is 3. The van der Waals surface area contributed by atoms with Crippen LogP contribution in [0.15, 0.2) is 85.1 Å². The monoisotopic (exact) mass is 1250 g/mol. The van der Waals surface area contributed by atoms with Crippen molar-refractivity contribution >= 4 is 11.9 Å². The topological polar surface area (TPSA) is 175 Å². The van der Waals surface area contributed by atoms with E-state index in [0.29, 0.717) is 19.3 Å². The van der Waals surface area contributed by atoms with Crippen LogP contribution in [0.5, 0.6) is 0 Å². The first kappa shape index (κ1) is 83.9. The highest BCUT2D eigenvalue weighted by Gasteiger charge is 2.47. The highest BCUT2D eigenvalue weighted by molar-refractivity contribution is 5.80. The van der Waals surface area contributed by atoms with Crippen molar-refractivity contribution in [3.8, 4) is 0 Å². The Morgan fingerprint density at radius 2 is 0.809 bits per heavy atom. The maximum Gasteiger partial charge on any atom is 0.306 e. The summed E-state index contributed by atoms with van der Waals surface area (Å²) in [5.41, 5.74) is 0. The average Bonchev–Trinajstić information content (AvgIpc) is 3.20. The average molecular weight is 1250 g/mol. The van der Waals surface area contributed by atoms with E-state index in [0.717, 1.165) is 103 Å². The zero-order chi connectivity index (χ0) is 64.6. The minimum Gasteiger partial charge on any atom is -0.454 e. The first-order valence-corrected chi connectivity index (χ1v) is 37.4. The van der Waals surface area contributed by atoms with E-state index in [2.05, 4.69) is 99.0 Å². The largest absolute Gasteiger partial charge is 0.454 e. The fraction of sp³-hybridized carbons (Fsp3) is 0.795. The van der Waals surface area contributed by atoms with Crippen molar-refractivity contribution in [2.24, 2.45) is 0 Å². The molecule has 11 nitrogen and oxygen atoms in total. The highest BCUT2D eigenvalue weighted by atomic mass is 16.7. The molecule has 1 aliphatic rings. The van der Waals surface area contributed by atoms with E-state index >= 15 is 0 Å². The summed E-state index contributed by atoms with van der Waals surface area (Å²) in [7, 11) is 0. The van der Waals surface area contributed by atoms with Crippen LogP contribution in [0.4, 0.5) is 0 Å². The van der Waals surface area contributed by atoms with Gasteiger partial charge < -0.3 is 45.1 Å². The van der Waals surface area contributed by atoms with Crippen LogP contribution in [-0.4, -0.2) is 99.6 Å². The molecule has 1 aliphatic heterocycles. The van der Waals surface area contributed by atoms with E-state index in [1.54, 1.807) is 6.08 Å². The molecule has 8 atom stereocenters. The van der Waals surface area contributed by atoms with E-state index in [4.69, 9.17) is 14.2 Å². The molecule has 11 heteroatoms. The van der Waals surface area contributed by atoms with Crippen LogP contribution < -0.4 is 5.32 Å². The minimum absolute atomic E-state index is 0.0915. The molecule has 0 aliphatic carbocycles. The second-order valence-corrected chi connectivity index (χ2v) is 25.7. The van der Waals surface area contributed by atoms with Crippen molar-refractivity contribution in [3.63, 3.8) is 0 Å². The first-order chi connectivity index (χ1) is 43.7. The van der Waals surface area contributed by atoms with Gasteiger partial charge in [0.1, 0.15) is 24.4 Å². The van der Waals surface area contributed by atoms with Crippen molar-refractivity contribution in [2.45, 2.75) is 384 Å². The van der Waals surface area contributed by atoms with Gasteiger partial charge in [-0.15, -0.1) is 0 Å². The summed E-state index contributed by atoms with van der Waals surface area (Å²) in [6.45, 7) is 5.71. The molecule has 0 radical (unpaired) electrons. The molecule has 0 saturated carbocycles. The Balaban J connectivity index is 2.58. The highest BCUT2D eigenvalue weighted by Crippen LogP contribution is 2.26. The summed E-state index contributed by atoms with van der Waals surface area (Å²) in [5.74, 6) is -1.21. The lowest BCUT2D eigenvalue weighted by Gasteiger charge is -2.41. The van der Waals surface area contributed by atoms with Crippen molar-refractivity contribution < 1.29 is 49.3 Å². The standard InChI is InChI=1S/C78H139NO10/c1-4-7-10-13-16-19-22-25-27-29-31-33-35-37-38-40-42-44-47-50-53-56-59-62-65-71(82)77(86)79-69(70(81)64-61-58-55-52-49-46-24-21-18-15-12-9-6-3)68-87-78-76(75(85)74(84)72(67-80)88-78)89-73(83)66-63-60-57-54-51-48-45-43-41-39-36-34-32-30-28-26-23-20-17-14-11-8-5-2/h8,11,17,20,26,28,32,34,39,41,45,48,61,64,69-72,74-76,78,80-82,84-85H,4-7,9-10,12-16,18-19,21-25,27,29-31,33,35-38,40,42-44,46-47,49-60,62-63,65-68H2,1-3H3,(H,79,86)/b11-8-,20-17-,28-26-,34-32-,41-39-,48-45-,64-61+. The minimum atomic E-state index is -1.63. The Morgan fingerprint density at radius 1 is 0.449 bits per heavy atom. The molecule has 0 bridgehead atoms. The van der Waals surface area contributed by atoms with Crippen LogP contribution in [0.25, 0.3) is 0 Å². The Kier molecular flexibility index (Phi) is 61.2. The summed E-state index contributed by atoms with van der Waals surface area (Å²) in [4.78, 5) is 26.7. The Labute approximate surface area is 546 Å². The number of hydrogen-bond acceptors (Lipinski definition) is 10. The Bertz CT molecular complexity index is 1780. The summed E-state index contributed by atoms with van der Waals surface area (Å²) in [6, 6.07) is -1.03. The van der Waals surface area contributed by atoms with Crippen LogP contribution in [0.1, 0.15) is 335 Å². The summed E-state index contributed by atoms with van der Waals surface area (Å²) >= 11 is 0. The smallest absolute Gasteiger partial charge is 0.306 e. The number of esters is 1. The van der Waals surface area contributed by atoms with Crippen LogP contribution >= 0.6 is 0 Å². The fourth-order valence-electron chi connectivity index (χ4n) is 11.5. The normalized spacial score (nSPS) is 18.6. The molecule has 6 N–H and O–H groups in total. The Morgan fingerprint density at radius 3 is 1.21 bits per heavy atom. The lowest BCUT2D eigenvalue weighted by Crippen LogP contribution is -2.61. The van der Waals surface area contributed by atoms with Gasteiger partial charge in [0.25, 0.3) is 0 Å². The second-order valence-electron chi connectivity index (χ2n) is 25.7. The number of carbonyl (C=O) groups is 2. The molecule has 0 aromatic rings. The van der Waals surface area contributed by atoms with Gasteiger partial charge in [-0.2, -0.15) is 0 Å². The number of rotatable bonds is 64. The first-order valence-electron chi connectivity index (χ1n) is 37.4. The fourth-order valence-corrected chi connectivity index (χ4v) is 11.5. The van der Waals surface area contributed by atoms with E-state index in [1.807, 2.05) is 6.08 Å². The number of carbonyl (C=O) groups excluding carboxylic acids is 2. The quantitative estimate of drug-likeness (QED) is 0.0195. The third-order valence-corrected chi connectivity index (χ3v) is 17.3. The van der Waals surface area contributed by atoms with Gasteiger partial charge in [-0.1, -0.05) is 337 Å². The maximum absolute atomic E-state index is 13.5. The van der Waals surface area contributed by atoms with Crippen LogP contribution in [0, 0.1) is 0 Å². The maximum atomic E-state index is 13.5. The lowest BCUT2D eigenvalue weighted by atomic mass is 9.99. The number of nitrogens with one attached hydrogen (secondary N) is 1. The van der Waals surface area contributed by atoms with Gasteiger partial charge in [0.05, 0.1) is 25.4 Å². The van der Waals surface area contributed by atoms with Crippen molar-refractivity contribution in [1.29, 1.82) is 0 Å². The third-order valence-electron chi connectivity index (χ3n) is 17.3. The van der Waals surface area contributed by atoms with E-state index in [-0.39, 0.29) is 13.0 Å². The van der Waals surface area contributed by atoms with Gasteiger partial charge in [-0.25, -0.2) is 0 Å². The molecule has 516 valence electrons. The number of amides is 1. The molecule has 0 spiro atoms. The molecule has 1 amide bonds. The van der Waals surface area contributed by atoms with E-state index in [1.165, 1.54) is 186 Å². The molecule has 1 saturated heterocycles. The summed E-state index contributed by atoms with van der Waals surface area (Å²) < 4.78 is 17.7. The molecule has 1 fully saturated rings. The predicted octanol–water partition coefficient (Wildman–Crippen LogP) is 19.6. The summed E-state index contributed by atoms with van der Waals surface area (Å²) in [6.07, 6.45) is 76.3. The molecular weight excluding hydrogens is 1110 g/mol. The second kappa shape index (κ2) is 64.9. The number of aliphatic hydroxyl groups excluding tert-OH is 5. The van der Waals surface area contributed by atoms with Crippen LogP contribution in [-0.2, 0) is 23.8 Å². The molecule has 89 heavy (non-hydrogen) atoms. The third kappa shape index (κ3) is 52.0. The van der Waals surface area contributed by atoms with Crippen molar-refractivity contribution in [1.82, 2.24) is 5.32 Å². The van der Waals surface area contributed by atoms with Gasteiger partial charge in [-0.3, -0.25) is 9.59 Å². The van der Waals surface area contributed by atoms with Crippen LogP contribution in [0.3, 0.4) is 0 Å². The van der Waals surface area contributed by atoms with Gasteiger partial charge in [-0.05, 0) is 77.0 Å². The zero-order valence-electron chi connectivity index (χ0n) is 57.5. The number of unbranched alkanes of at least 4 members (excludes halogenated alkanes) is 38. The molecule has 1 rings (SSSR count). The predicted molar refractivity (Wildman–Crippen MR) is 375 cm³/mol. The van der Waals surface area contributed by atoms with Crippen molar-refractivity contribution in [3.05, 3.63) is 85.1 Å². The van der Waals surface area contributed by atoms with Crippen LogP contribution in [0.2, 0.25) is 0 Å². The molecule has 1 heterocycles. The molecule has 0 aromatic heterocycles. The van der Waals surface area contributed by atoms with E-state index < -0.39 is 67.4 Å². The number of aliphatic hydroxyl groups is 5. The molecule has 8 unspecified atom stereocenters. The van der Waals surface area contributed by atoms with Gasteiger partial charge in [0.15, 0.2) is 12.4 Å². The van der Waals surface area contributed by atoms with Gasteiger partial charge in [0.2, 0.25) is 5.91 Å². The number of hydrogen-bond donors (Lipinski definition) is 6. The van der Waals surface area contributed by atoms with E-state index in [9.17, 15) is 35.1 Å². The zero-order valence-corrected chi connectivity index (χ0v) is 57.5.